The summed E-state index contributed by atoms with van der Waals surface area (Å²) in [6.07, 6.45) is 4.05. The lowest BCUT2D eigenvalue weighted by Gasteiger charge is -2.28. The van der Waals surface area contributed by atoms with Crippen molar-refractivity contribution in [3.8, 4) is 0 Å². The smallest absolute Gasteiger partial charge is 0.242 e. The fourth-order valence-electron chi connectivity index (χ4n) is 4.19. The molecular weight excluding hydrogens is 446 g/mol. The summed E-state index contributed by atoms with van der Waals surface area (Å²) in [5.41, 5.74) is 0.906. The summed E-state index contributed by atoms with van der Waals surface area (Å²) in [4.78, 5) is 9.35. The molecule has 1 aliphatic rings. The van der Waals surface area contributed by atoms with Gasteiger partial charge in [-0.15, -0.1) is 0 Å². The molecule has 9 heteroatoms. The third-order valence-corrected chi connectivity index (χ3v) is 7.97. The Hall–Kier alpha value is -2.42. The monoisotopic (exact) mass is 473 g/mol. The van der Waals surface area contributed by atoms with Gasteiger partial charge in [0.15, 0.2) is 0 Å². The number of rotatable bonds is 8. The van der Waals surface area contributed by atoms with Crippen molar-refractivity contribution in [2.45, 2.75) is 30.6 Å². The Kier molecular flexibility index (Phi) is 7.13. The Morgan fingerprint density at radius 1 is 0.938 bits per heavy atom. The molecule has 4 rings (SSSR count). The molecule has 0 unspecified atom stereocenters. The van der Waals surface area contributed by atoms with Crippen LogP contribution in [-0.2, 0) is 10.0 Å². The van der Waals surface area contributed by atoms with Crippen LogP contribution in [0.25, 0.3) is 10.9 Å². The molecule has 1 saturated carbocycles. The molecule has 0 saturated heterocycles. The zero-order valence-corrected chi connectivity index (χ0v) is 19.6. The van der Waals surface area contributed by atoms with Gasteiger partial charge in [0, 0.05) is 25.5 Å². The first kappa shape index (κ1) is 22.8. The molecule has 0 atom stereocenters. The van der Waals surface area contributed by atoms with Crippen LogP contribution in [0.5, 0.6) is 0 Å². The van der Waals surface area contributed by atoms with E-state index < -0.39 is 10.0 Å². The average Bonchev–Trinajstić information content (AvgIpc) is 2.81. The lowest BCUT2D eigenvalue weighted by Crippen LogP contribution is -2.32. The van der Waals surface area contributed by atoms with E-state index >= 15 is 0 Å². The molecule has 2 aromatic carbocycles. The Bertz CT molecular complexity index is 1180. The second kappa shape index (κ2) is 10.0. The number of sulfonamides is 1. The summed E-state index contributed by atoms with van der Waals surface area (Å²) in [5.74, 6) is 2.28. The van der Waals surface area contributed by atoms with Crippen molar-refractivity contribution in [3.05, 3.63) is 53.6 Å². The third-order valence-electron chi connectivity index (χ3n) is 6.04. The summed E-state index contributed by atoms with van der Waals surface area (Å²) < 4.78 is 27.8. The van der Waals surface area contributed by atoms with Gasteiger partial charge in [-0.2, -0.15) is 4.98 Å². The summed E-state index contributed by atoms with van der Waals surface area (Å²) in [6.45, 7) is 1.24. The van der Waals surface area contributed by atoms with Gasteiger partial charge in [0.1, 0.15) is 10.7 Å². The molecule has 0 spiro atoms. The molecule has 0 amide bonds. The normalized spacial score (nSPS) is 19.1. The highest BCUT2D eigenvalue weighted by Gasteiger charge is 2.24. The highest BCUT2D eigenvalue weighted by Crippen LogP contribution is 2.29. The maximum absolute atomic E-state index is 12.5. The first-order valence-corrected chi connectivity index (χ1v) is 12.7. The van der Waals surface area contributed by atoms with Crippen LogP contribution in [-0.4, -0.2) is 38.5 Å². The molecule has 0 aliphatic heterocycles. The van der Waals surface area contributed by atoms with Crippen molar-refractivity contribution in [2.75, 3.05) is 30.8 Å². The minimum atomic E-state index is -3.59. The Morgan fingerprint density at radius 3 is 2.31 bits per heavy atom. The first-order chi connectivity index (χ1) is 15.5. The van der Waals surface area contributed by atoms with E-state index in [2.05, 4.69) is 25.3 Å². The number of para-hydroxylation sites is 1. The largest absolute Gasteiger partial charge is 0.372 e. The SMILES string of the molecule is CNc1nc(NCC2CCC(CNS(=O)(=O)c3ccccc3Cl)CC2)nc2ccccc12. The van der Waals surface area contributed by atoms with E-state index in [9.17, 15) is 8.42 Å². The number of hydrogen-bond donors (Lipinski definition) is 3. The molecule has 7 nitrogen and oxygen atoms in total. The van der Waals surface area contributed by atoms with Crippen LogP contribution in [0.15, 0.2) is 53.4 Å². The van der Waals surface area contributed by atoms with Gasteiger partial charge in [-0.3, -0.25) is 0 Å². The molecule has 32 heavy (non-hydrogen) atoms. The fourth-order valence-corrected chi connectivity index (χ4v) is 5.82. The third kappa shape index (κ3) is 5.31. The highest BCUT2D eigenvalue weighted by atomic mass is 35.5. The lowest BCUT2D eigenvalue weighted by atomic mass is 9.82. The maximum atomic E-state index is 12.5. The van der Waals surface area contributed by atoms with Gasteiger partial charge in [0.05, 0.1) is 10.5 Å². The van der Waals surface area contributed by atoms with Crippen molar-refractivity contribution < 1.29 is 8.42 Å². The van der Waals surface area contributed by atoms with Crippen molar-refractivity contribution in [3.63, 3.8) is 0 Å². The first-order valence-electron chi connectivity index (χ1n) is 10.9. The van der Waals surface area contributed by atoms with Crippen LogP contribution in [0.1, 0.15) is 25.7 Å². The number of halogens is 1. The van der Waals surface area contributed by atoms with Gasteiger partial charge in [0.2, 0.25) is 16.0 Å². The Morgan fingerprint density at radius 2 is 1.59 bits per heavy atom. The van der Waals surface area contributed by atoms with Crippen LogP contribution in [0.3, 0.4) is 0 Å². The van der Waals surface area contributed by atoms with Gasteiger partial charge in [-0.05, 0) is 61.8 Å². The van der Waals surface area contributed by atoms with Gasteiger partial charge < -0.3 is 10.6 Å². The minimum Gasteiger partial charge on any atom is -0.372 e. The summed E-state index contributed by atoms with van der Waals surface area (Å²) in [6, 6.07) is 14.5. The van der Waals surface area contributed by atoms with Crippen molar-refractivity contribution >= 4 is 44.3 Å². The number of aromatic nitrogens is 2. The van der Waals surface area contributed by atoms with E-state index in [-0.39, 0.29) is 9.92 Å². The van der Waals surface area contributed by atoms with E-state index in [0.717, 1.165) is 48.9 Å². The molecule has 0 radical (unpaired) electrons. The number of benzene rings is 2. The van der Waals surface area contributed by atoms with Crippen molar-refractivity contribution in [2.24, 2.45) is 11.8 Å². The van der Waals surface area contributed by atoms with E-state index in [1.54, 1.807) is 18.2 Å². The van der Waals surface area contributed by atoms with Crippen LogP contribution >= 0.6 is 11.6 Å². The highest BCUT2D eigenvalue weighted by molar-refractivity contribution is 7.89. The molecule has 3 N–H and O–H groups in total. The van der Waals surface area contributed by atoms with Crippen molar-refractivity contribution in [1.82, 2.24) is 14.7 Å². The second-order valence-electron chi connectivity index (χ2n) is 8.21. The van der Waals surface area contributed by atoms with Crippen LogP contribution in [0.4, 0.5) is 11.8 Å². The molecule has 1 aliphatic carbocycles. The lowest BCUT2D eigenvalue weighted by molar-refractivity contribution is 0.284. The number of fused-ring (bicyclic) bond motifs is 1. The van der Waals surface area contributed by atoms with Gasteiger partial charge >= 0.3 is 0 Å². The fraction of sp³-hybridized carbons (Fsp3) is 0.391. The van der Waals surface area contributed by atoms with E-state index in [0.29, 0.717) is 24.3 Å². The molecule has 3 aromatic rings. The van der Waals surface area contributed by atoms with Crippen LogP contribution in [0, 0.1) is 11.8 Å². The Labute approximate surface area is 194 Å². The number of hydrogen-bond acceptors (Lipinski definition) is 6. The van der Waals surface area contributed by atoms with E-state index in [4.69, 9.17) is 11.6 Å². The predicted molar refractivity (Wildman–Crippen MR) is 130 cm³/mol. The number of nitrogens with one attached hydrogen (secondary N) is 3. The summed E-state index contributed by atoms with van der Waals surface area (Å²) in [5, 5.41) is 7.77. The van der Waals surface area contributed by atoms with E-state index in [1.165, 1.54) is 6.07 Å². The van der Waals surface area contributed by atoms with E-state index in [1.807, 2.05) is 31.3 Å². The topological polar surface area (TPSA) is 96.0 Å². The number of anilines is 2. The quantitative estimate of drug-likeness (QED) is 0.445. The summed E-state index contributed by atoms with van der Waals surface area (Å²) in [7, 11) is -1.73. The standard InChI is InChI=1S/C23H28ClN5O2S/c1-25-22-18-6-2-4-8-20(18)28-23(29-22)26-14-16-10-12-17(13-11-16)15-27-32(30,31)21-9-5-3-7-19(21)24/h2-9,16-17,27H,10-15H2,1H3,(H2,25,26,28,29). The summed E-state index contributed by atoms with van der Waals surface area (Å²) >= 11 is 6.05. The predicted octanol–water partition coefficient (Wildman–Crippen LogP) is 4.52. The van der Waals surface area contributed by atoms with Gasteiger partial charge in [0.25, 0.3) is 0 Å². The van der Waals surface area contributed by atoms with Gasteiger partial charge in [-0.1, -0.05) is 35.9 Å². The van der Waals surface area contributed by atoms with Crippen LogP contribution in [0.2, 0.25) is 5.02 Å². The Balaban J connectivity index is 1.27. The van der Waals surface area contributed by atoms with Crippen LogP contribution < -0.4 is 15.4 Å². The van der Waals surface area contributed by atoms with Crippen molar-refractivity contribution in [1.29, 1.82) is 0 Å². The second-order valence-corrected chi connectivity index (χ2v) is 10.4. The zero-order chi connectivity index (χ0) is 22.6. The zero-order valence-electron chi connectivity index (χ0n) is 18.0. The molecule has 0 bridgehead atoms. The molecule has 1 fully saturated rings. The maximum Gasteiger partial charge on any atom is 0.242 e. The average molecular weight is 474 g/mol. The molecular formula is C23H28ClN5O2S. The van der Waals surface area contributed by atoms with Gasteiger partial charge in [-0.25, -0.2) is 18.1 Å². The molecule has 1 aromatic heterocycles. The molecule has 170 valence electrons. The number of nitrogens with zero attached hydrogens (tertiary/aromatic N) is 2. The minimum absolute atomic E-state index is 0.135. The molecule has 1 heterocycles.